The molecule has 2 aromatic carbocycles. The molecule has 0 heteroatoms. The Morgan fingerprint density at radius 3 is 2.24 bits per heavy atom. The largest absolute Gasteiger partial charge is 0.0842 e. The smallest absolute Gasteiger partial charge is 0.0141 e. The van der Waals surface area contributed by atoms with Gasteiger partial charge in [-0.2, -0.15) is 0 Å². The molecule has 0 saturated carbocycles. The first kappa shape index (κ1) is 15.6. The van der Waals surface area contributed by atoms with Gasteiger partial charge in [-0.05, 0) is 78.6 Å². The molecule has 0 nitrogen and oxygen atoms in total. The summed E-state index contributed by atoms with van der Waals surface area (Å²) in [6.07, 6.45) is 6.67. The van der Waals surface area contributed by atoms with Crippen LogP contribution in [0.1, 0.15) is 48.1 Å². The highest BCUT2D eigenvalue weighted by Crippen LogP contribution is 2.33. The maximum atomic E-state index is 2.37. The van der Waals surface area contributed by atoms with E-state index >= 15 is 0 Å². The Bertz CT molecular complexity index is 660. The van der Waals surface area contributed by atoms with E-state index in [9.17, 15) is 0 Å². The molecule has 2 rings (SSSR count). The van der Waals surface area contributed by atoms with Gasteiger partial charge in [0.05, 0.1) is 0 Å². The van der Waals surface area contributed by atoms with Gasteiger partial charge in [0.25, 0.3) is 0 Å². The summed E-state index contributed by atoms with van der Waals surface area (Å²) in [5.74, 6) is 0. The van der Waals surface area contributed by atoms with Crippen molar-refractivity contribution >= 4 is 6.08 Å². The molecule has 0 amide bonds. The number of rotatable bonds is 4. The minimum Gasteiger partial charge on any atom is -0.0842 e. The van der Waals surface area contributed by atoms with Crippen LogP contribution in [0.5, 0.6) is 0 Å². The van der Waals surface area contributed by atoms with Gasteiger partial charge >= 0.3 is 0 Å². The quantitative estimate of drug-likeness (QED) is 0.618. The van der Waals surface area contributed by atoms with Crippen molar-refractivity contribution in [3.05, 3.63) is 64.2 Å². The van der Waals surface area contributed by atoms with Crippen molar-refractivity contribution in [2.45, 2.75) is 47.5 Å². The molecule has 0 atom stereocenters. The van der Waals surface area contributed by atoms with Crippen molar-refractivity contribution in [1.82, 2.24) is 0 Å². The van der Waals surface area contributed by atoms with Crippen molar-refractivity contribution < 1.29 is 0 Å². The standard InChI is InChI=1S/C21H26/c1-6-8-12-18-14-21(19(7-2)17(5)16(18)4)20-13-10-9-11-15(20)3/h8-14H,6-7H2,1-5H3/b12-8-. The van der Waals surface area contributed by atoms with Crippen molar-refractivity contribution in [2.75, 3.05) is 0 Å². The first-order chi connectivity index (χ1) is 10.1. The van der Waals surface area contributed by atoms with Crippen LogP contribution in [0, 0.1) is 20.8 Å². The predicted molar refractivity (Wildman–Crippen MR) is 94.8 cm³/mol. The Labute approximate surface area is 129 Å². The summed E-state index contributed by atoms with van der Waals surface area (Å²) in [6.45, 7) is 11.1. The van der Waals surface area contributed by atoms with E-state index in [1.54, 1.807) is 0 Å². The van der Waals surface area contributed by atoms with Crippen LogP contribution in [0.3, 0.4) is 0 Å². The van der Waals surface area contributed by atoms with E-state index in [0.717, 1.165) is 12.8 Å². The monoisotopic (exact) mass is 278 g/mol. The second kappa shape index (κ2) is 6.76. The molecule has 0 aliphatic heterocycles. The lowest BCUT2D eigenvalue weighted by molar-refractivity contribution is 1.09. The third kappa shape index (κ3) is 3.10. The van der Waals surface area contributed by atoms with Crippen LogP contribution in [0.4, 0.5) is 0 Å². The van der Waals surface area contributed by atoms with Gasteiger partial charge in [0.15, 0.2) is 0 Å². The summed E-state index contributed by atoms with van der Waals surface area (Å²) in [5, 5.41) is 0. The van der Waals surface area contributed by atoms with Crippen molar-refractivity contribution in [1.29, 1.82) is 0 Å². The van der Waals surface area contributed by atoms with E-state index in [4.69, 9.17) is 0 Å². The average molecular weight is 278 g/mol. The maximum Gasteiger partial charge on any atom is -0.0141 e. The zero-order valence-corrected chi connectivity index (χ0v) is 14.0. The van der Waals surface area contributed by atoms with E-state index in [2.05, 4.69) is 77.1 Å². The molecular weight excluding hydrogens is 252 g/mol. The highest BCUT2D eigenvalue weighted by Gasteiger charge is 2.12. The molecule has 0 fully saturated rings. The fourth-order valence-corrected chi connectivity index (χ4v) is 2.98. The molecule has 110 valence electrons. The fraction of sp³-hybridized carbons (Fsp3) is 0.333. The molecule has 0 spiro atoms. The first-order valence-corrected chi connectivity index (χ1v) is 7.95. The number of hydrogen-bond donors (Lipinski definition) is 0. The molecule has 0 bridgehead atoms. The minimum absolute atomic E-state index is 1.08. The highest BCUT2D eigenvalue weighted by molar-refractivity contribution is 5.76. The molecule has 2 aromatic rings. The second-order valence-corrected chi connectivity index (χ2v) is 5.72. The van der Waals surface area contributed by atoms with Crippen LogP contribution in [0.15, 0.2) is 36.4 Å². The second-order valence-electron chi connectivity index (χ2n) is 5.72. The zero-order valence-electron chi connectivity index (χ0n) is 14.0. The summed E-state index contributed by atoms with van der Waals surface area (Å²) in [7, 11) is 0. The van der Waals surface area contributed by atoms with E-state index < -0.39 is 0 Å². The van der Waals surface area contributed by atoms with Gasteiger partial charge in [0.2, 0.25) is 0 Å². The zero-order chi connectivity index (χ0) is 15.4. The van der Waals surface area contributed by atoms with Crippen LogP contribution in [0.25, 0.3) is 17.2 Å². The van der Waals surface area contributed by atoms with Crippen molar-refractivity contribution in [3.63, 3.8) is 0 Å². The Kier molecular flexibility index (Phi) is 5.01. The number of aryl methyl sites for hydroxylation is 1. The van der Waals surface area contributed by atoms with Crippen LogP contribution < -0.4 is 0 Å². The first-order valence-electron chi connectivity index (χ1n) is 7.95. The molecule has 0 heterocycles. The Morgan fingerprint density at radius 1 is 0.905 bits per heavy atom. The summed E-state index contributed by atoms with van der Waals surface area (Å²) in [6, 6.07) is 11.1. The molecule has 0 unspecified atom stereocenters. The van der Waals surface area contributed by atoms with Gasteiger partial charge < -0.3 is 0 Å². The van der Waals surface area contributed by atoms with Crippen LogP contribution in [-0.4, -0.2) is 0 Å². The number of allylic oxidation sites excluding steroid dienone is 1. The van der Waals surface area contributed by atoms with Gasteiger partial charge in [-0.1, -0.05) is 50.3 Å². The Balaban J connectivity index is 2.72. The number of hydrogen-bond acceptors (Lipinski definition) is 0. The third-order valence-electron chi connectivity index (χ3n) is 4.40. The van der Waals surface area contributed by atoms with E-state index in [1.165, 1.54) is 38.9 Å². The fourth-order valence-electron chi connectivity index (χ4n) is 2.98. The van der Waals surface area contributed by atoms with E-state index in [0.29, 0.717) is 0 Å². The van der Waals surface area contributed by atoms with E-state index in [-0.39, 0.29) is 0 Å². The molecule has 0 aliphatic carbocycles. The van der Waals surface area contributed by atoms with Crippen molar-refractivity contribution in [2.24, 2.45) is 0 Å². The molecule has 0 saturated heterocycles. The van der Waals surface area contributed by atoms with Gasteiger partial charge in [0.1, 0.15) is 0 Å². The third-order valence-corrected chi connectivity index (χ3v) is 4.40. The molecule has 0 aliphatic rings. The normalized spacial score (nSPS) is 11.3. The van der Waals surface area contributed by atoms with Crippen molar-refractivity contribution in [3.8, 4) is 11.1 Å². The van der Waals surface area contributed by atoms with Gasteiger partial charge in [0, 0.05) is 0 Å². The van der Waals surface area contributed by atoms with E-state index in [1.807, 2.05) is 0 Å². The highest BCUT2D eigenvalue weighted by atomic mass is 14.2. The molecule has 0 radical (unpaired) electrons. The Hall–Kier alpha value is -1.82. The minimum atomic E-state index is 1.08. The molecule has 0 aromatic heterocycles. The summed E-state index contributed by atoms with van der Waals surface area (Å²) >= 11 is 0. The van der Waals surface area contributed by atoms with Gasteiger partial charge in [-0.3, -0.25) is 0 Å². The van der Waals surface area contributed by atoms with Crippen LogP contribution >= 0.6 is 0 Å². The summed E-state index contributed by atoms with van der Waals surface area (Å²) in [4.78, 5) is 0. The molecular formula is C21H26. The van der Waals surface area contributed by atoms with Crippen LogP contribution in [0.2, 0.25) is 0 Å². The summed E-state index contributed by atoms with van der Waals surface area (Å²) in [5.41, 5.74) is 9.79. The van der Waals surface area contributed by atoms with Crippen LogP contribution in [-0.2, 0) is 6.42 Å². The predicted octanol–water partition coefficient (Wildman–Crippen LogP) is 6.26. The lowest BCUT2D eigenvalue weighted by Crippen LogP contribution is -1.99. The number of benzene rings is 2. The van der Waals surface area contributed by atoms with Gasteiger partial charge in [-0.25, -0.2) is 0 Å². The molecule has 0 N–H and O–H groups in total. The Morgan fingerprint density at radius 2 is 1.62 bits per heavy atom. The SMILES string of the molecule is CC/C=C\c1cc(-c2ccccc2C)c(CC)c(C)c1C. The average Bonchev–Trinajstić information content (AvgIpc) is 2.49. The molecule has 21 heavy (non-hydrogen) atoms. The lowest BCUT2D eigenvalue weighted by Gasteiger charge is -2.18. The van der Waals surface area contributed by atoms with Gasteiger partial charge in [-0.15, -0.1) is 0 Å². The topological polar surface area (TPSA) is 0 Å². The maximum absolute atomic E-state index is 2.37. The summed E-state index contributed by atoms with van der Waals surface area (Å²) < 4.78 is 0. The lowest BCUT2D eigenvalue weighted by atomic mass is 9.87.